The first kappa shape index (κ1) is 30.3. The van der Waals surface area contributed by atoms with E-state index in [2.05, 4.69) is 5.32 Å². The van der Waals surface area contributed by atoms with Gasteiger partial charge in [-0.25, -0.2) is 8.42 Å². The first-order valence-corrected chi connectivity index (χ1v) is 14.4. The first-order valence-electron chi connectivity index (χ1n) is 12.9. The minimum atomic E-state index is -4.31. The van der Waals surface area contributed by atoms with E-state index in [1.165, 1.54) is 35.2 Å². The van der Waals surface area contributed by atoms with Crippen LogP contribution in [-0.4, -0.2) is 48.7 Å². The van der Waals surface area contributed by atoms with Gasteiger partial charge in [-0.05, 0) is 51.0 Å². The summed E-state index contributed by atoms with van der Waals surface area (Å²) in [6.07, 6.45) is 0.290. The predicted molar refractivity (Wildman–Crippen MR) is 153 cm³/mol. The number of nitro benzene ring substituents is 1. The number of rotatable bonds is 12. The Bertz CT molecular complexity index is 1440. The topological polar surface area (TPSA) is 130 Å². The van der Waals surface area contributed by atoms with E-state index in [9.17, 15) is 28.1 Å². The molecule has 0 aliphatic rings. The fraction of sp³-hybridized carbons (Fsp3) is 0.310. The molecule has 3 aromatic carbocycles. The molecule has 0 aliphatic heterocycles. The lowest BCUT2D eigenvalue weighted by atomic mass is 10.1. The molecule has 0 radical (unpaired) electrons. The SMILES string of the molecule is CC[C@H](C(=O)NC(C)C)N(Cc1ccc(C)cc1)C(=O)CN(c1cccc([N+](=O)[O-])c1)S(=O)(=O)c1ccccc1. The molecule has 0 heterocycles. The summed E-state index contributed by atoms with van der Waals surface area (Å²) in [7, 11) is -4.31. The van der Waals surface area contributed by atoms with E-state index in [1.807, 2.05) is 45.0 Å². The number of nitrogens with one attached hydrogen (secondary N) is 1. The van der Waals surface area contributed by atoms with Crippen molar-refractivity contribution in [2.24, 2.45) is 0 Å². The molecule has 3 aromatic rings. The van der Waals surface area contributed by atoms with Gasteiger partial charge in [-0.2, -0.15) is 0 Å². The van der Waals surface area contributed by atoms with Crippen LogP contribution >= 0.6 is 0 Å². The largest absolute Gasteiger partial charge is 0.352 e. The number of anilines is 1. The van der Waals surface area contributed by atoms with Gasteiger partial charge >= 0.3 is 0 Å². The number of aryl methyl sites for hydroxylation is 1. The minimum Gasteiger partial charge on any atom is -0.352 e. The van der Waals surface area contributed by atoms with Crippen molar-refractivity contribution < 1.29 is 22.9 Å². The molecule has 1 atom stereocenters. The van der Waals surface area contributed by atoms with Gasteiger partial charge in [-0.3, -0.25) is 24.0 Å². The number of hydrogen-bond acceptors (Lipinski definition) is 6. The Labute approximate surface area is 234 Å². The lowest BCUT2D eigenvalue weighted by molar-refractivity contribution is -0.384. The standard InChI is InChI=1S/C29H34N4O6S/c1-5-27(29(35)30-21(2)3)31(19-23-16-14-22(4)15-17-23)28(34)20-32(24-10-9-11-25(18-24)33(36)37)40(38,39)26-12-7-6-8-13-26/h6-18,21,27H,5,19-20H2,1-4H3,(H,30,35)/t27-/m1/s1. The molecule has 1 N–H and O–H groups in total. The summed E-state index contributed by atoms with van der Waals surface area (Å²) in [6.45, 7) is 6.73. The Morgan fingerprint density at radius 1 is 0.975 bits per heavy atom. The fourth-order valence-electron chi connectivity index (χ4n) is 4.20. The summed E-state index contributed by atoms with van der Waals surface area (Å²) in [4.78, 5) is 39.3. The highest BCUT2D eigenvalue weighted by atomic mass is 32.2. The molecule has 2 amide bonds. The summed E-state index contributed by atoms with van der Waals surface area (Å²) in [6, 6.07) is 19.1. The van der Waals surface area contributed by atoms with E-state index in [1.54, 1.807) is 25.1 Å². The molecule has 11 heteroatoms. The molecule has 0 aromatic heterocycles. The Hall–Kier alpha value is -4.25. The lowest BCUT2D eigenvalue weighted by Gasteiger charge is -2.33. The average Bonchev–Trinajstić information content (AvgIpc) is 2.92. The van der Waals surface area contributed by atoms with Gasteiger partial charge in [0.25, 0.3) is 15.7 Å². The fourth-order valence-corrected chi connectivity index (χ4v) is 5.63. The Balaban J connectivity index is 2.09. The van der Waals surface area contributed by atoms with Gasteiger partial charge in [0, 0.05) is 24.7 Å². The number of hydrogen-bond donors (Lipinski definition) is 1. The summed E-state index contributed by atoms with van der Waals surface area (Å²) >= 11 is 0. The molecule has 0 saturated carbocycles. The molecule has 0 fully saturated rings. The number of nitrogens with zero attached hydrogens (tertiary/aromatic N) is 3. The van der Waals surface area contributed by atoms with Crippen LogP contribution in [0.4, 0.5) is 11.4 Å². The summed E-state index contributed by atoms with van der Waals surface area (Å²) in [5, 5.41) is 14.3. The molecule has 40 heavy (non-hydrogen) atoms. The molecule has 0 unspecified atom stereocenters. The van der Waals surface area contributed by atoms with Crippen molar-refractivity contribution in [3.05, 3.63) is 100 Å². The van der Waals surface area contributed by atoms with Crippen LogP contribution in [0.1, 0.15) is 38.3 Å². The van der Waals surface area contributed by atoms with Gasteiger partial charge in [-0.1, -0.05) is 61.0 Å². The smallest absolute Gasteiger partial charge is 0.271 e. The van der Waals surface area contributed by atoms with E-state index in [0.29, 0.717) is 6.42 Å². The zero-order chi connectivity index (χ0) is 29.4. The highest BCUT2D eigenvalue weighted by Gasteiger charge is 2.34. The highest BCUT2D eigenvalue weighted by Crippen LogP contribution is 2.27. The van der Waals surface area contributed by atoms with Gasteiger partial charge in [0.15, 0.2) is 0 Å². The van der Waals surface area contributed by atoms with Crippen LogP contribution in [-0.2, 0) is 26.2 Å². The third kappa shape index (κ3) is 7.44. The molecule has 10 nitrogen and oxygen atoms in total. The van der Waals surface area contributed by atoms with Crippen LogP contribution in [0.15, 0.2) is 83.8 Å². The van der Waals surface area contributed by atoms with E-state index < -0.39 is 33.4 Å². The number of non-ortho nitro benzene ring substituents is 1. The molecule has 212 valence electrons. The molecule has 3 rings (SSSR count). The van der Waals surface area contributed by atoms with Gasteiger partial charge in [-0.15, -0.1) is 0 Å². The van der Waals surface area contributed by atoms with Crippen LogP contribution in [0.5, 0.6) is 0 Å². The van der Waals surface area contributed by atoms with Crippen LogP contribution in [0.2, 0.25) is 0 Å². The maximum absolute atomic E-state index is 14.0. The maximum atomic E-state index is 14.0. The second-order valence-electron chi connectivity index (χ2n) is 9.70. The quantitative estimate of drug-likeness (QED) is 0.255. The highest BCUT2D eigenvalue weighted by molar-refractivity contribution is 7.92. The van der Waals surface area contributed by atoms with E-state index in [-0.39, 0.29) is 34.8 Å². The normalized spacial score (nSPS) is 12.0. The third-order valence-corrected chi connectivity index (χ3v) is 8.02. The second-order valence-corrected chi connectivity index (χ2v) is 11.6. The number of benzene rings is 3. The maximum Gasteiger partial charge on any atom is 0.271 e. The van der Waals surface area contributed by atoms with Gasteiger partial charge < -0.3 is 10.2 Å². The number of sulfonamides is 1. The van der Waals surface area contributed by atoms with Gasteiger partial charge in [0.2, 0.25) is 11.8 Å². The summed E-state index contributed by atoms with van der Waals surface area (Å²) in [5.74, 6) is -0.983. The zero-order valence-electron chi connectivity index (χ0n) is 23.0. The van der Waals surface area contributed by atoms with Gasteiger partial charge in [0.1, 0.15) is 12.6 Å². The number of nitro groups is 1. The van der Waals surface area contributed by atoms with Crippen molar-refractivity contribution in [2.75, 3.05) is 10.8 Å². The van der Waals surface area contributed by atoms with Crippen molar-refractivity contribution in [1.82, 2.24) is 10.2 Å². The van der Waals surface area contributed by atoms with Crippen molar-refractivity contribution in [2.45, 2.75) is 57.6 Å². The molecular formula is C29H34N4O6S. The van der Waals surface area contributed by atoms with E-state index in [0.717, 1.165) is 21.5 Å². The minimum absolute atomic E-state index is 0.0404. The van der Waals surface area contributed by atoms with Crippen molar-refractivity contribution >= 4 is 33.2 Å². The number of amides is 2. The van der Waals surface area contributed by atoms with Crippen molar-refractivity contribution in [3.63, 3.8) is 0 Å². The second kappa shape index (κ2) is 13.2. The Morgan fingerprint density at radius 3 is 2.20 bits per heavy atom. The van der Waals surface area contributed by atoms with Crippen LogP contribution < -0.4 is 9.62 Å². The van der Waals surface area contributed by atoms with Crippen LogP contribution in [0.3, 0.4) is 0 Å². The number of carbonyl (C=O) groups excluding carboxylic acids is 2. The number of carbonyl (C=O) groups is 2. The monoisotopic (exact) mass is 566 g/mol. The van der Waals surface area contributed by atoms with Crippen molar-refractivity contribution in [3.8, 4) is 0 Å². The molecule has 0 saturated heterocycles. The van der Waals surface area contributed by atoms with E-state index in [4.69, 9.17) is 0 Å². The summed E-state index contributed by atoms with van der Waals surface area (Å²) in [5.41, 5.74) is 1.43. The van der Waals surface area contributed by atoms with Crippen LogP contribution in [0, 0.1) is 17.0 Å². The summed E-state index contributed by atoms with van der Waals surface area (Å²) < 4.78 is 28.4. The van der Waals surface area contributed by atoms with Gasteiger partial charge in [0.05, 0.1) is 15.5 Å². The first-order chi connectivity index (χ1) is 18.9. The average molecular weight is 567 g/mol. The molecule has 0 bridgehead atoms. The van der Waals surface area contributed by atoms with Crippen LogP contribution in [0.25, 0.3) is 0 Å². The predicted octanol–water partition coefficient (Wildman–Crippen LogP) is 4.43. The van der Waals surface area contributed by atoms with Crippen molar-refractivity contribution in [1.29, 1.82) is 0 Å². The lowest BCUT2D eigenvalue weighted by Crippen LogP contribution is -2.53. The zero-order valence-corrected chi connectivity index (χ0v) is 23.8. The Kier molecular flexibility index (Phi) is 10.0. The van der Waals surface area contributed by atoms with E-state index >= 15 is 0 Å². The molecular weight excluding hydrogens is 532 g/mol. The Morgan fingerprint density at radius 2 is 1.62 bits per heavy atom. The molecule has 0 aliphatic carbocycles. The molecule has 0 spiro atoms. The third-order valence-electron chi connectivity index (χ3n) is 6.23.